The predicted octanol–water partition coefficient (Wildman–Crippen LogP) is 2.88. The van der Waals surface area contributed by atoms with Crippen molar-refractivity contribution in [3.05, 3.63) is 47.5 Å². The lowest BCUT2D eigenvalue weighted by molar-refractivity contribution is 0.384. The molecule has 0 fully saturated rings. The monoisotopic (exact) mass is 284 g/mol. The second-order valence-electron chi connectivity index (χ2n) is 5.98. The Morgan fingerprint density at radius 1 is 1.33 bits per heavy atom. The number of benzene rings is 1. The molecule has 2 atom stereocenters. The maximum absolute atomic E-state index is 6.57. The summed E-state index contributed by atoms with van der Waals surface area (Å²) in [7, 11) is 0. The molecule has 4 heteroatoms. The van der Waals surface area contributed by atoms with E-state index >= 15 is 0 Å². The Balaban J connectivity index is 1.81. The molecule has 1 aromatic carbocycles. The van der Waals surface area contributed by atoms with E-state index < -0.39 is 0 Å². The van der Waals surface area contributed by atoms with Crippen molar-refractivity contribution < 1.29 is 0 Å². The molecule has 4 nitrogen and oxygen atoms in total. The Morgan fingerprint density at radius 3 is 3.05 bits per heavy atom. The Labute approximate surface area is 126 Å². The van der Waals surface area contributed by atoms with Gasteiger partial charge in [0.25, 0.3) is 0 Å². The summed E-state index contributed by atoms with van der Waals surface area (Å²) in [5.74, 6) is 1.53. The predicted molar refractivity (Wildman–Crippen MR) is 83.8 cm³/mol. The van der Waals surface area contributed by atoms with E-state index in [2.05, 4.69) is 41.3 Å². The molecule has 0 saturated carbocycles. The van der Waals surface area contributed by atoms with Crippen molar-refractivity contribution in [1.29, 1.82) is 0 Å². The third kappa shape index (κ3) is 3.00. The molecular weight excluding hydrogens is 260 g/mol. The molecule has 21 heavy (non-hydrogen) atoms. The van der Waals surface area contributed by atoms with Gasteiger partial charge >= 0.3 is 0 Å². The first-order valence-electron chi connectivity index (χ1n) is 7.99. The van der Waals surface area contributed by atoms with E-state index in [1.807, 2.05) is 4.68 Å². The molecule has 1 aromatic heterocycles. The molecule has 0 spiro atoms. The molecule has 2 aromatic rings. The summed E-state index contributed by atoms with van der Waals surface area (Å²) < 4.78 is 2.03. The molecule has 3 rings (SSSR count). The number of rotatable bonds is 4. The Bertz CT molecular complexity index is 590. The van der Waals surface area contributed by atoms with Gasteiger partial charge in [-0.15, -0.1) is 0 Å². The van der Waals surface area contributed by atoms with E-state index in [4.69, 9.17) is 5.73 Å². The quantitative estimate of drug-likeness (QED) is 0.878. The van der Waals surface area contributed by atoms with Crippen molar-refractivity contribution in [3.63, 3.8) is 0 Å². The topological polar surface area (TPSA) is 56.7 Å². The highest BCUT2D eigenvalue weighted by Crippen LogP contribution is 2.33. The van der Waals surface area contributed by atoms with Gasteiger partial charge < -0.3 is 5.73 Å². The largest absolute Gasteiger partial charge is 0.324 e. The fourth-order valence-electron chi connectivity index (χ4n) is 3.38. The summed E-state index contributed by atoms with van der Waals surface area (Å²) in [5.41, 5.74) is 9.31. The van der Waals surface area contributed by atoms with Crippen molar-refractivity contribution >= 4 is 0 Å². The van der Waals surface area contributed by atoms with Gasteiger partial charge in [0.05, 0.1) is 0 Å². The van der Waals surface area contributed by atoms with Crippen LogP contribution in [0.15, 0.2) is 30.6 Å². The number of nitrogens with zero attached hydrogens (tertiary/aromatic N) is 3. The molecule has 112 valence electrons. The lowest BCUT2D eigenvalue weighted by Crippen LogP contribution is -2.24. The van der Waals surface area contributed by atoms with Gasteiger partial charge in [0.1, 0.15) is 12.2 Å². The fourth-order valence-corrected chi connectivity index (χ4v) is 3.38. The molecule has 0 aliphatic heterocycles. The molecule has 1 aliphatic carbocycles. The number of hydrogen-bond donors (Lipinski definition) is 1. The number of aryl methyl sites for hydroxylation is 2. The van der Waals surface area contributed by atoms with Crippen LogP contribution in [-0.4, -0.2) is 14.8 Å². The van der Waals surface area contributed by atoms with Crippen molar-refractivity contribution in [2.45, 2.75) is 51.6 Å². The van der Waals surface area contributed by atoms with Crippen molar-refractivity contribution in [1.82, 2.24) is 14.8 Å². The first kappa shape index (κ1) is 14.3. The summed E-state index contributed by atoms with van der Waals surface area (Å²) in [5, 5.41) is 4.33. The lowest BCUT2D eigenvalue weighted by Gasteiger charge is -2.22. The first-order valence-corrected chi connectivity index (χ1v) is 7.99. The van der Waals surface area contributed by atoms with Crippen LogP contribution in [0.3, 0.4) is 0 Å². The lowest BCUT2D eigenvalue weighted by atomic mass is 9.88. The zero-order valence-electron chi connectivity index (χ0n) is 12.7. The number of nitrogens with two attached hydrogens (primary N) is 1. The third-order valence-corrected chi connectivity index (χ3v) is 4.52. The van der Waals surface area contributed by atoms with E-state index in [-0.39, 0.29) is 6.04 Å². The highest BCUT2D eigenvalue weighted by atomic mass is 15.3. The second-order valence-corrected chi connectivity index (χ2v) is 5.98. The minimum absolute atomic E-state index is 0.107. The summed E-state index contributed by atoms with van der Waals surface area (Å²) in [6, 6.07) is 8.73. The van der Waals surface area contributed by atoms with E-state index in [0.717, 1.165) is 38.1 Å². The third-order valence-electron chi connectivity index (χ3n) is 4.52. The van der Waals surface area contributed by atoms with Gasteiger partial charge in [0.2, 0.25) is 0 Å². The van der Waals surface area contributed by atoms with E-state index in [1.54, 1.807) is 6.33 Å². The number of aromatic nitrogens is 3. The zero-order valence-corrected chi connectivity index (χ0v) is 12.7. The first-order chi connectivity index (χ1) is 10.3. The minimum Gasteiger partial charge on any atom is -0.324 e. The normalized spacial score (nSPS) is 21.8. The Kier molecular flexibility index (Phi) is 4.34. The second kappa shape index (κ2) is 6.39. The average molecular weight is 284 g/mol. The molecule has 2 unspecified atom stereocenters. The average Bonchev–Trinajstić information content (AvgIpc) is 2.87. The maximum atomic E-state index is 6.57. The van der Waals surface area contributed by atoms with Crippen LogP contribution in [0, 0.1) is 5.92 Å². The van der Waals surface area contributed by atoms with E-state index in [9.17, 15) is 0 Å². The highest BCUT2D eigenvalue weighted by molar-refractivity contribution is 5.31. The van der Waals surface area contributed by atoms with Crippen molar-refractivity contribution in [3.8, 4) is 0 Å². The van der Waals surface area contributed by atoms with Gasteiger partial charge in [-0.25, -0.2) is 4.98 Å². The summed E-state index contributed by atoms with van der Waals surface area (Å²) in [4.78, 5) is 4.45. The van der Waals surface area contributed by atoms with Crippen LogP contribution >= 0.6 is 0 Å². The molecular formula is C17H24N4. The minimum atomic E-state index is 0.107. The molecule has 0 saturated heterocycles. The van der Waals surface area contributed by atoms with Crippen LogP contribution in [0.5, 0.6) is 0 Å². The van der Waals surface area contributed by atoms with Gasteiger partial charge in [-0.05, 0) is 42.7 Å². The maximum Gasteiger partial charge on any atom is 0.138 e. The smallest absolute Gasteiger partial charge is 0.138 e. The fraction of sp³-hybridized carbons (Fsp3) is 0.529. The van der Waals surface area contributed by atoms with Crippen LogP contribution < -0.4 is 5.73 Å². The molecule has 2 N–H and O–H groups in total. The molecule has 0 amide bonds. The summed E-state index contributed by atoms with van der Waals surface area (Å²) in [6.45, 7) is 3.10. The van der Waals surface area contributed by atoms with Gasteiger partial charge in [-0.3, -0.25) is 4.68 Å². The van der Waals surface area contributed by atoms with Gasteiger partial charge in [0.15, 0.2) is 0 Å². The van der Waals surface area contributed by atoms with Crippen molar-refractivity contribution in [2.24, 2.45) is 11.7 Å². The molecule has 0 bridgehead atoms. The van der Waals surface area contributed by atoms with Crippen LogP contribution in [0.2, 0.25) is 0 Å². The Hall–Kier alpha value is -1.68. The van der Waals surface area contributed by atoms with Gasteiger partial charge in [-0.2, -0.15) is 5.10 Å². The zero-order chi connectivity index (χ0) is 14.7. The Morgan fingerprint density at radius 2 is 2.19 bits per heavy atom. The van der Waals surface area contributed by atoms with Crippen LogP contribution in [0.4, 0.5) is 0 Å². The SMILES string of the molecule is CCCn1ncnc1CC1CCCc2ccccc2C1N. The van der Waals surface area contributed by atoms with Crippen LogP contribution in [-0.2, 0) is 19.4 Å². The summed E-state index contributed by atoms with van der Waals surface area (Å²) >= 11 is 0. The number of fused-ring (bicyclic) bond motifs is 1. The van der Waals surface area contributed by atoms with Gasteiger partial charge in [0, 0.05) is 19.0 Å². The standard InChI is InChI=1S/C17H24N4/c1-2-10-21-16(19-12-20-21)11-14-8-5-7-13-6-3-4-9-15(13)17(14)18/h3-4,6,9,12,14,17H,2,5,7-8,10-11,18H2,1H3. The molecule has 1 heterocycles. The highest BCUT2D eigenvalue weighted by Gasteiger charge is 2.26. The summed E-state index contributed by atoms with van der Waals surface area (Å²) in [6.07, 6.45) is 7.18. The van der Waals surface area contributed by atoms with Crippen molar-refractivity contribution in [2.75, 3.05) is 0 Å². The van der Waals surface area contributed by atoms with Crippen LogP contribution in [0.1, 0.15) is 49.2 Å². The molecule has 0 radical (unpaired) electrons. The van der Waals surface area contributed by atoms with E-state index in [1.165, 1.54) is 17.5 Å². The number of hydrogen-bond acceptors (Lipinski definition) is 3. The van der Waals surface area contributed by atoms with Crippen LogP contribution in [0.25, 0.3) is 0 Å². The molecule has 1 aliphatic rings. The van der Waals surface area contributed by atoms with E-state index in [0.29, 0.717) is 5.92 Å². The van der Waals surface area contributed by atoms with Gasteiger partial charge in [-0.1, -0.05) is 31.2 Å².